The average molecular weight is 429 g/mol. The van der Waals surface area contributed by atoms with Gasteiger partial charge in [-0.2, -0.15) is 5.10 Å². The Labute approximate surface area is 177 Å². The fourth-order valence-corrected chi connectivity index (χ4v) is 3.96. The lowest BCUT2D eigenvalue weighted by Gasteiger charge is -2.32. The van der Waals surface area contributed by atoms with Gasteiger partial charge in [0.25, 0.3) is 5.91 Å². The smallest absolute Gasteiger partial charge is 0.251 e. The number of rotatable bonds is 3. The number of hydrogen-bond acceptors (Lipinski definition) is 3. The molecule has 0 aliphatic carbocycles. The molecule has 0 saturated carbocycles. The van der Waals surface area contributed by atoms with E-state index in [0.717, 1.165) is 16.8 Å². The van der Waals surface area contributed by atoms with Gasteiger partial charge in [0.1, 0.15) is 11.9 Å². The number of carbonyl (C=O) groups is 2. The molecule has 2 atom stereocenters. The number of anilines is 1. The van der Waals surface area contributed by atoms with Crippen molar-refractivity contribution in [2.24, 2.45) is 7.05 Å². The first-order chi connectivity index (χ1) is 13.8. The monoisotopic (exact) mass is 428 g/mol. The van der Waals surface area contributed by atoms with Crippen LogP contribution in [0.15, 0.2) is 48.5 Å². The van der Waals surface area contributed by atoms with Crippen molar-refractivity contribution in [2.75, 3.05) is 5.32 Å². The van der Waals surface area contributed by atoms with Crippen molar-refractivity contribution in [1.29, 1.82) is 0 Å². The summed E-state index contributed by atoms with van der Waals surface area (Å²) in [5, 5.41) is 11.3. The summed E-state index contributed by atoms with van der Waals surface area (Å²) >= 11 is 12.0. The minimum atomic E-state index is -0.810. The zero-order chi connectivity index (χ0) is 20.7. The van der Waals surface area contributed by atoms with Crippen molar-refractivity contribution < 1.29 is 9.59 Å². The van der Waals surface area contributed by atoms with Crippen LogP contribution in [0, 0.1) is 6.92 Å². The zero-order valence-corrected chi connectivity index (χ0v) is 17.3. The summed E-state index contributed by atoms with van der Waals surface area (Å²) in [4.78, 5) is 25.8. The van der Waals surface area contributed by atoms with Gasteiger partial charge in [-0.1, -0.05) is 35.3 Å². The molecule has 1 aliphatic rings. The minimum absolute atomic E-state index is 0.303. The number of amides is 2. The van der Waals surface area contributed by atoms with Gasteiger partial charge < -0.3 is 10.6 Å². The molecule has 2 N–H and O–H groups in total. The highest BCUT2D eigenvalue weighted by molar-refractivity contribution is 6.30. The Morgan fingerprint density at radius 2 is 1.66 bits per heavy atom. The largest absolute Gasteiger partial charge is 0.339 e. The third kappa shape index (κ3) is 3.61. The van der Waals surface area contributed by atoms with Crippen LogP contribution in [0.5, 0.6) is 0 Å². The van der Waals surface area contributed by atoms with Gasteiger partial charge in [0.2, 0.25) is 5.91 Å². The summed E-state index contributed by atoms with van der Waals surface area (Å²) in [5.41, 5.74) is 2.94. The van der Waals surface area contributed by atoms with Crippen LogP contribution in [0.1, 0.15) is 33.1 Å². The first-order valence-corrected chi connectivity index (χ1v) is 9.77. The van der Waals surface area contributed by atoms with E-state index in [4.69, 9.17) is 23.2 Å². The third-order valence-corrected chi connectivity index (χ3v) is 5.56. The summed E-state index contributed by atoms with van der Waals surface area (Å²) in [5.74, 6) is -0.432. The molecule has 0 fully saturated rings. The molecule has 0 spiro atoms. The number of carbonyl (C=O) groups excluding carboxylic acids is 2. The molecule has 0 bridgehead atoms. The molecule has 0 radical (unpaired) electrons. The Hall–Kier alpha value is -2.83. The van der Waals surface area contributed by atoms with Gasteiger partial charge in [-0.05, 0) is 48.9 Å². The van der Waals surface area contributed by atoms with Crippen LogP contribution in [0.2, 0.25) is 10.0 Å². The third-order valence-electron chi connectivity index (χ3n) is 5.06. The van der Waals surface area contributed by atoms with Crippen molar-refractivity contribution in [3.8, 4) is 0 Å². The van der Waals surface area contributed by atoms with E-state index in [2.05, 4.69) is 15.7 Å². The number of halogens is 2. The molecule has 29 heavy (non-hydrogen) atoms. The van der Waals surface area contributed by atoms with Crippen molar-refractivity contribution in [2.45, 2.75) is 18.9 Å². The van der Waals surface area contributed by atoms with Crippen LogP contribution in [-0.4, -0.2) is 27.6 Å². The van der Waals surface area contributed by atoms with Crippen molar-refractivity contribution in [3.05, 3.63) is 81.0 Å². The molecule has 2 amide bonds. The fourth-order valence-electron chi connectivity index (χ4n) is 3.71. The van der Waals surface area contributed by atoms with E-state index in [9.17, 15) is 9.59 Å². The van der Waals surface area contributed by atoms with E-state index in [-0.39, 0.29) is 11.8 Å². The van der Waals surface area contributed by atoms with Gasteiger partial charge in [0.05, 0.1) is 5.69 Å². The lowest BCUT2D eigenvalue weighted by atomic mass is 9.82. The molecule has 148 valence electrons. The Balaban J connectivity index is 1.77. The second-order valence-corrected chi connectivity index (χ2v) is 7.82. The van der Waals surface area contributed by atoms with E-state index in [0.29, 0.717) is 21.4 Å². The Kier molecular flexibility index (Phi) is 5.06. The summed E-state index contributed by atoms with van der Waals surface area (Å²) < 4.78 is 1.64. The SMILES string of the molecule is Cc1nn(C)c2c1[C@@H](c1ccc(Cl)cc1)[C@H](NC(=O)c1ccc(Cl)cc1)C(=O)N2. The summed E-state index contributed by atoms with van der Waals surface area (Å²) in [6, 6.07) is 13.0. The molecular weight excluding hydrogens is 411 g/mol. The predicted molar refractivity (Wildman–Crippen MR) is 113 cm³/mol. The molecule has 8 heteroatoms. The maximum absolute atomic E-state index is 13.0. The van der Waals surface area contributed by atoms with Crippen molar-refractivity contribution >= 4 is 40.8 Å². The number of nitrogens with zero attached hydrogens (tertiary/aromatic N) is 2. The topological polar surface area (TPSA) is 76.0 Å². The van der Waals surface area contributed by atoms with E-state index < -0.39 is 12.0 Å². The maximum atomic E-state index is 13.0. The number of nitrogens with one attached hydrogen (secondary N) is 2. The average Bonchev–Trinajstić information content (AvgIpc) is 2.97. The van der Waals surface area contributed by atoms with E-state index in [1.54, 1.807) is 48.1 Å². The van der Waals surface area contributed by atoms with Gasteiger partial charge in [-0.25, -0.2) is 0 Å². The molecule has 0 saturated heterocycles. The molecule has 6 nitrogen and oxygen atoms in total. The number of aryl methyl sites for hydroxylation is 2. The highest BCUT2D eigenvalue weighted by atomic mass is 35.5. The molecular formula is C21H18Cl2N4O2. The molecule has 1 aliphatic heterocycles. The predicted octanol–water partition coefficient (Wildman–Crippen LogP) is 3.92. The van der Waals surface area contributed by atoms with Gasteiger partial charge in [-0.3, -0.25) is 14.3 Å². The van der Waals surface area contributed by atoms with Crippen LogP contribution in [0.25, 0.3) is 0 Å². The first kappa shape index (κ1) is 19.5. The first-order valence-electron chi connectivity index (χ1n) is 9.01. The highest BCUT2D eigenvalue weighted by Gasteiger charge is 2.41. The normalized spacial score (nSPS) is 18.1. The number of aromatic nitrogens is 2. The van der Waals surface area contributed by atoms with Crippen molar-refractivity contribution in [3.63, 3.8) is 0 Å². The van der Waals surface area contributed by atoms with Gasteiger partial charge in [0, 0.05) is 34.1 Å². The maximum Gasteiger partial charge on any atom is 0.251 e. The van der Waals surface area contributed by atoms with Gasteiger partial charge in [-0.15, -0.1) is 0 Å². The van der Waals surface area contributed by atoms with Crippen LogP contribution in [0.4, 0.5) is 5.82 Å². The van der Waals surface area contributed by atoms with Crippen LogP contribution < -0.4 is 10.6 Å². The molecule has 1 aromatic heterocycles. The summed E-state index contributed by atoms with van der Waals surface area (Å²) in [7, 11) is 1.78. The molecule has 3 aromatic rings. The Bertz CT molecular complexity index is 1090. The number of benzene rings is 2. The lowest BCUT2D eigenvalue weighted by Crippen LogP contribution is -2.50. The quantitative estimate of drug-likeness (QED) is 0.663. The summed E-state index contributed by atoms with van der Waals surface area (Å²) in [6.07, 6.45) is 0. The zero-order valence-electron chi connectivity index (χ0n) is 15.7. The lowest BCUT2D eigenvalue weighted by molar-refractivity contribution is -0.118. The van der Waals surface area contributed by atoms with E-state index in [1.165, 1.54) is 0 Å². The van der Waals surface area contributed by atoms with E-state index in [1.807, 2.05) is 19.1 Å². The summed E-state index contributed by atoms with van der Waals surface area (Å²) in [6.45, 7) is 1.89. The molecule has 0 unspecified atom stereocenters. The second-order valence-electron chi connectivity index (χ2n) is 6.95. The van der Waals surface area contributed by atoms with Crippen LogP contribution >= 0.6 is 23.2 Å². The molecule has 2 heterocycles. The minimum Gasteiger partial charge on any atom is -0.339 e. The number of fused-ring (bicyclic) bond motifs is 1. The fraction of sp³-hybridized carbons (Fsp3) is 0.190. The van der Waals surface area contributed by atoms with Crippen LogP contribution in [-0.2, 0) is 11.8 Å². The molecule has 4 rings (SSSR count). The van der Waals surface area contributed by atoms with E-state index >= 15 is 0 Å². The van der Waals surface area contributed by atoms with Crippen LogP contribution in [0.3, 0.4) is 0 Å². The Morgan fingerprint density at radius 3 is 2.28 bits per heavy atom. The Morgan fingerprint density at radius 1 is 1.07 bits per heavy atom. The number of hydrogen-bond donors (Lipinski definition) is 2. The second kappa shape index (κ2) is 7.54. The van der Waals surface area contributed by atoms with Gasteiger partial charge in [0.15, 0.2) is 0 Å². The van der Waals surface area contributed by atoms with Gasteiger partial charge >= 0.3 is 0 Å². The highest BCUT2D eigenvalue weighted by Crippen LogP contribution is 2.39. The molecule has 2 aromatic carbocycles. The standard InChI is InChI=1S/C21H18Cl2N4O2/c1-11-16-17(12-3-7-14(22)8-4-12)18(21(29)25-19(16)27(2)26-11)24-20(28)13-5-9-15(23)10-6-13/h3-10,17-18H,1-2H3,(H,24,28)(H,25,29)/t17-,18+/m1/s1. The van der Waals surface area contributed by atoms with Crippen molar-refractivity contribution in [1.82, 2.24) is 15.1 Å².